The molecule has 0 aliphatic heterocycles. The number of nitrogens with zero attached hydrogens (tertiary/aromatic N) is 2. The van der Waals surface area contributed by atoms with Gasteiger partial charge in [0.1, 0.15) is 0 Å². The number of ether oxygens (including phenoxy) is 1. The third kappa shape index (κ3) is 3.69. The van der Waals surface area contributed by atoms with Crippen molar-refractivity contribution in [3.05, 3.63) is 0 Å². The maximum atomic E-state index is 9.23. The summed E-state index contributed by atoms with van der Waals surface area (Å²) in [6.45, 7) is 6.21. The van der Waals surface area contributed by atoms with Gasteiger partial charge >= 0.3 is 0 Å². The summed E-state index contributed by atoms with van der Waals surface area (Å²) in [7, 11) is 1.75. The topological polar surface area (TPSA) is 36.3 Å². The molecule has 17 heavy (non-hydrogen) atoms. The van der Waals surface area contributed by atoms with E-state index < -0.39 is 0 Å². The molecule has 1 aliphatic carbocycles. The van der Waals surface area contributed by atoms with Gasteiger partial charge in [0.25, 0.3) is 0 Å². The predicted molar refractivity (Wildman–Crippen MR) is 69.7 cm³/mol. The fourth-order valence-corrected chi connectivity index (χ4v) is 3.06. The van der Waals surface area contributed by atoms with Crippen LogP contribution in [0.25, 0.3) is 0 Å². The van der Waals surface area contributed by atoms with Gasteiger partial charge in [0, 0.05) is 25.7 Å². The van der Waals surface area contributed by atoms with Crippen LogP contribution >= 0.6 is 0 Å². The van der Waals surface area contributed by atoms with E-state index in [1.54, 1.807) is 7.11 Å². The highest BCUT2D eigenvalue weighted by atomic mass is 16.5. The first-order chi connectivity index (χ1) is 8.28. The molecule has 1 fully saturated rings. The molecule has 1 saturated carbocycles. The number of hydrogen-bond donors (Lipinski definition) is 0. The number of methoxy groups -OCH3 is 1. The van der Waals surface area contributed by atoms with E-state index in [2.05, 4.69) is 24.8 Å². The standard InChI is InChI=1S/C14H26N2O/c1-4-13(5-2)16(9-10-17-3)14-8-6-7-12(14)11-15/h12-14H,4-10H2,1-3H3. The molecule has 0 bridgehead atoms. The average Bonchev–Trinajstić information content (AvgIpc) is 2.82. The maximum absolute atomic E-state index is 9.23. The second kappa shape index (κ2) is 7.68. The van der Waals surface area contributed by atoms with Crippen LogP contribution in [0.1, 0.15) is 46.0 Å². The fourth-order valence-electron chi connectivity index (χ4n) is 3.06. The molecule has 0 aromatic heterocycles. The molecular weight excluding hydrogens is 212 g/mol. The van der Waals surface area contributed by atoms with Crippen molar-refractivity contribution in [1.82, 2.24) is 4.90 Å². The monoisotopic (exact) mass is 238 g/mol. The highest BCUT2D eigenvalue weighted by Crippen LogP contribution is 2.31. The number of hydrogen-bond acceptors (Lipinski definition) is 3. The summed E-state index contributed by atoms with van der Waals surface area (Å²) in [6.07, 6.45) is 5.78. The van der Waals surface area contributed by atoms with E-state index in [1.165, 1.54) is 12.8 Å². The van der Waals surface area contributed by atoms with E-state index in [-0.39, 0.29) is 5.92 Å². The zero-order valence-electron chi connectivity index (χ0n) is 11.5. The molecule has 1 rings (SSSR count). The smallest absolute Gasteiger partial charge is 0.0672 e. The van der Waals surface area contributed by atoms with Crippen LogP contribution in [0, 0.1) is 17.2 Å². The van der Waals surface area contributed by atoms with E-state index in [9.17, 15) is 5.26 Å². The molecule has 0 radical (unpaired) electrons. The molecule has 2 unspecified atom stereocenters. The van der Waals surface area contributed by atoms with Gasteiger partial charge in [0.15, 0.2) is 0 Å². The van der Waals surface area contributed by atoms with Crippen LogP contribution in [0.5, 0.6) is 0 Å². The molecule has 0 amide bonds. The molecule has 3 heteroatoms. The Hall–Kier alpha value is -0.590. The van der Waals surface area contributed by atoms with Crippen LogP contribution in [0.3, 0.4) is 0 Å². The van der Waals surface area contributed by atoms with Crippen molar-refractivity contribution in [3.63, 3.8) is 0 Å². The fraction of sp³-hybridized carbons (Fsp3) is 0.929. The first-order valence-electron chi connectivity index (χ1n) is 6.92. The summed E-state index contributed by atoms with van der Waals surface area (Å²) in [5, 5.41) is 9.23. The lowest BCUT2D eigenvalue weighted by atomic mass is 10.00. The molecule has 98 valence electrons. The molecular formula is C14H26N2O. The van der Waals surface area contributed by atoms with E-state index >= 15 is 0 Å². The summed E-state index contributed by atoms with van der Waals surface area (Å²) in [6, 6.07) is 3.55. The molecule has 0 aromatic rings. The molecule has 0 N–H and O–H groups in total. The first-order valence-corrected chi connectivity index (χ1v) is 6.92. The normalized spacial score (nSPS) is 24.5. The lowest BCUT2D eigenvalue weighted by Gasteiger charge is -2.36. The molecule has 2 atom stereocenters. The Morgan fingerprint density at radius 1 is 1.35 bits per heavy atom. The predicted octanol–water partition coefficient (Wildman–Crippen LogP) is 2.82. The van der Waals surface area contributed by atoms with Crippen LogP contribution in [-0.2, 0) is 4.74 Å². The minimum atomic E-state index is 0.229. The van der Waals surface area contributed by atoms with Gasteiger partial charge in [-0.15, -0.1) is 0 Å². The Balaban J connectivity index is 2.70. The van der Waals surface area contributed by atoms with Gasteiger partial charge in [-0.3, -0.25) is 4.90 Å². The highest BCUT2D eigenvalue weighted by Gasteiger charge is 2.34. The summed E-state index contributed by atoms with van der Waals surface area (Å²) in [5.41, 5.74) is 0. The molecule has 0 saturated heterocycles. The molecule has 0 heterocycles. The first kappa shape index (κ1) is 14.5. The molecule has 0 aromatic carbocycles. The van der Waals surface area contributed by atoms with Crippen LogP contribution in [-0.4, -0.2) is 37.2 Å². The minimum absolute atomic E-state index is 0.229. The van der Waals surface area contributed by atoms with Crippen LogP contribution in [0.15, 0.2) is 0 Å². The highest BCUT2D eigenvalue weighted by molar-refractivity contribution is 4.98. The average molecular weight is 238 g/mol. The number of nitriles is 1. The zero-order chi connectivity index (χ0) is 12.7. The van der Waals surface area contributed by atoms with Gasteiger partial charge in [-0.25, -0.2) is 0 Å². The van der Waals surface area contributed by atoms with Crippen LogP contribution in [0.4, 0.5) is 0 Å². The molecule has 0 spiro atoms. The van der Waals surface area contributed by atoms with E-state index in [0.717, 1.165) is 32.4 Å². The van der Waals surface area contributed by atoms with Gasteiger partial charge in [-0.2, -0.15) is 5.26 Å². The molecule has 1 aliphatic rings. The van der Waals surface area contributed by atoms with Gasteiger partial charge in [-0.1, -0.05) is 20.3 Å². The van der Waals surface area contributed by atoms with Crippen molar-refractivity contribution in [1.29, 1.82) is 5.26 Å². The minimum Gasteiger partial charge on any atom is -0.383 e. The SMILES string of the molecule is CCC(CC)N(CCOC)C1CCCC1C#N. The van der Waals surface area contributed by atoms with Crippen molar-refractivity contribution >= 4 is 0 Å². The van der Waals surface area contributed by atoms with Crippen molar-refractivity contribution in [3.8, 4) is 6.07 Å². The van der Waals surface area contributed by atoms with E-state index in [4.69, 9.17) is 4.74 Å². The van der Waals surface area contributed by atoms with Crippen molar-refractivity contribution < 1.29 is 4.74 Å². The summed E-state index contributed by atoms with van der Waals surface area (Å²) < 4.78 is 5.22. The summed E-state index contributed by atoms with van der Waals surface area (Å²) in [4.78, 5) is 2.53. The Labute approximate surface area is 106 Å². The van der Waals surface area contributed by atoms with Crippen molar-refractivity contribution in [2.45, 2.75) is 58.0 Å². The van der Waals surface area contributed by atoms with E-state index in [1.807, 2.05) is 0 Å². The lowest BCUT2D eigenvalue weighted by Crippen LogP contribution is -2.46. The third-order valence-electron chi connectivity index (χ3n) is 4.04. The second-order valence-corrected chi connectivity index (χ2v) is 4.93. The zero-order valence-corrected chi connectivity index (χ0v) is 11.5. The Morgan fingerprint density at radius 3 is 2.59 bits per heavy atom. The van der Waals surface area contributed by atoms with Crippen LogP contribution < -0.4 is 0 Å². The largest absolute Gasteiger partial charge is 0.383 e. The van der Waals surface area contributed by atoms with Gasteiger partial charge in [-0.05, 0) is 25.7 Å². The maximum Gasteiger partial charge on any atom is 0.0672 e. The van der Waals surface area contributed by atoms with Gasteiger partial charge in [0.2, 0.25) is 0 Å². The van der Waals surface area contributed by atoms with Gasteiger partial charge in [0.05, 0.1) is 18.6 Å². The van der Waals surface area contributed by atoms with Gasteiger partial charge < -0.3 is 4.74 Å². The van der Waals surface area contributed by atoms with Crippen molar-refractivity contribution in [2.24, 2.45) is 5.92 Å². The molecule has 3 nitrogen and oxygen atoms in total. The van der Waals surface area contributed by atoms with Crippen molar-refractivity contribution in [2.75, 3.05) is 20.3 Å². The lowest BCUT2D eigenvalue weighted by molar-refractivity contribution is 0.0717. The Morgan fingerprint density at radius 2 is 2.06 bits per heavy atom. The Bertz CT molecular complexity index is 245. The van der Waals surface area contributed by atoms with E-state index in [0.29, 0.717) is 12.1 Å². The quantitative estimate of drug-likeness (QED) is 0.684. The third-order valence-corrected chi connectivity index (χ3v) is 4.04. The van der Waals surface area contributed by atoms with Crippen LogP contribution in [0.2, 0.25) is 0 Å². The second-order valence-electron chi connectivity index (χ2n) is 4.93. The Kier molecular flexibility index (Phi) is 6.54. The number of rotatable bonds is 7. The summed E-state index contributed by atoms with van der Waals surface area (Å²) in [5.74, 6) is 0.229. The summed E-state index contributed by atoms with van der Waals surface area (Å²) >= 11 is 0.